The van der Waals surface area contributed by atoms with E-state index in [1.807, 2.05) is 32.9 Å². The minimum absolute atomic E-state index is 0.0924. The van der Waals surface area contributed by atoms with Gasteiger partial charge in [0.15, 0.2) is 0 Å². The molecule has 0 saturated heterocycles. The van der Waals surface area contributed by atoms with Crippen LogP contribution in [0.2, 0.25) is 0 Å². The molecule has 2 rings (SSSR count). The number of benzene rings is 1. The molecular formula is C17H23NO3. The van der Waals surface area contributed by atoms with Gasteiger partial charge >= 0.3 is 5.97 Å². The average Bonchev–Trinajstić information content (AvgIpc) is 2.35. The van der Waals surface area contributed by atoms with Gasteiger partial charge in [0.1, 0.15) is 5.60 Å². The molecular weight excluding hydrogens is 266 g/mol. The van der Waals surface area contributed by atoms with Gasteiger partial charge in [0.2, 0.25) is 5.91 Å². The molecule has 0 aliphatic heterocycles. The number of fused-ring (bicyclic) bond motifs is 1. The van der Waals surface area contributed by atoms with Gasteiger partial charge in [0, 0.05) is 18.9 Å². The van der Waals surface area contributed by atoms with Crippen molar-refractivity contribution in [3.8, 4) is 0 Å². The Kier molecular flexibility index (Phi) is 4.66. The summed E-state index contributed by atoms with van der Waals surface area (Å²) >= 11 is 0. The Morgan fingerprint density at radius 1 is 1.24 bits per heavy atom. The largest absolute Gasteiger partial charge is 0.460 e. The number of hydrogen-bond donors (Lipinski definition) is 1. The van der Waals surface area contributed by atoms with Crippen LogP contribution in [0.4, 0.5) is 0 Å². The smallest absolute Gasteiger partial charge is 0.306 e. The number of carbonyl (C=O) groups excluding carboxylic acids is 2. The summed E-state index contributed by atoms with van der Waals surface area (Å²) in [5.41, 5.74) is 2.19. The first-order valence-electron chi connectivity index (χ1n) is 7.41. The van der Waals surface area contributed by atoms with Gasteiger partial charge in [0.25, 0.3) is 0 Å². The Labute approximate surface area is 125 Å². The van der Waals surface area contributed by atoms with E-state index in [-0.39, 0.29) is 24.7 Å². The minimum atomic E-state index is -0.497. The Balaban J connectivity index is 1.66. The van der Waals surface area contributed by atoms with Crippen LogP contribution in [0, 0.1) is 0 Å². The highest BCUT2D eigenvalue weighted by Crippen LogP contribution is 2.33. The van der Waals surface area contributed by atoms with Gasteiger partial charge < -0.3 is 10.1 Å². The average molecular weight is 289 g/mol. The lowest BCUT2D eigenvalue weighted by molar-refractivity contribution is -0.155. The van der Waals surface area contributed by atoms with Gasteiger partial charge in [0.05, 0.1) is 6.42 Å². The third kappa shape index (κ3) is 4.59. The van der Waals surface area contributed by atoms with E-state index in [4.69, 9.17) is 4.74 Å². The van der Waals surface area contributed by atoms with Crippen molar-refractivity contribution in [3.63, 3.8) is 0 Å². The molecule has 1 atom stereocenters. The zero-order chi connectivity index (χ0) is 15.5. The van der Waals surface area contributed by atoms with Crippen LogP contribution in [0.3, 0.4) is 0 Å². The van der Waals surface area contributed by atoms with E-state index >= 15 is 0 Å². The molecule has 0 aromatic heterocycles. The molecule has 21 heavy (non-hydrogen) atoms. The highest BCUT2D eigenvalue weighted by atomic mass is 16.6. The lowest BCUT2D eigenvalue weighted by Crippen LogP contribution is -2.33. The van der Waals surface area contributed by atoms with E-state index in [9.17, 15) is 9.59 Å². The summed E-state index contributed by atoms with van der Waals surface area (Å²) in [4.78, 5) is 23.3. The summed E-state index contributed by atoms with van der Waals surface area (Å²) in [7, 11) is 0. The maximum absolute atomic E-state index is 11.8. The van der Waals surface area contributed by atoms with E-state index in [0.717, 1.165) is 6.42 Å². The molecule has 1 aliphatic rings. The molecule has 0 heterocycles. The van der Waals surface area contributed by atoms with E-state index in [1.54, 1.807) is 0 Å². The molecule has 114 valence electrons. The van der Waals surface area contributed by atoms with Gasteiger partial charge in [-0.05, 0) is 38.3 Å². The number of ether oxygens (including phenoxy) is 1. The molecule has 1 aromatic carbocycles. The molecule has 0 saturated carbocycles. The van der Waals surface area contributed by atoms with Crippen LogP contribution in [0.1, 0.15) is 50.7 Å². The van der Waals surface area contributed by atoms with Crippen molar-refractivity contribution in [2.75, 3.05) is 6.54 Å². The van der Waals surface area contributed by atoms with Crippen molar-refractivity contribution >= 4 is 11.9 Å². The number of nitrogens with one attached hydrogen (secondary N) is 1. The molecule has 1 aliphatic carbocycles. The molecule has 0 spiro atoms. The predicted octanol–water partition coefficient (Wildman–Crippen LogP) is 2.56. The number of carbonyl (C=O) groups is 2. The van der Waals surface area contributed by atoms with Crippen LogP contribution in [-0.4, -0.2) is 24.0 Å². The fourth-order valence-electron chi connectivity index (χ4n) is 2.48. The molecule has 0 unspecified atom stereocenters. The van der Waals surface area contributed by atoms with E-state index in [2.05, 4.69) is 17.4 Å². The quantitative estimate of drug-likeness (QED) is 0.848. The van der Waals surface area contributed by atoms with E-state index in [0.29, 0.717) is 12.5 Å². The summed E-state index contributed by atoms with van der Waals surface area (Å²) in [5, 5.41) is 2.90. The summed E-state index contributed by atoms with van der Waals surface area (Å²) < 4.78 is 5.17. The van der Waals surface area contributed by atoms with Crippen LogP contribution < -0.4 is 5.32 Å². The highest BCUT2D eigenvalue weighted by Gasteiger charge is 2.25. The van der Waals surface area contributed by atoms with Gasteiger partial charge in [-0.1, -0.05) is 24.3 Å². The molecule has 0 radical (unpaired) electrons. The molecule has 4 nitrogen and oxygen atoms in total. The van der Waals surface area contributed by atoms with Crippen LogP contribution >= 0.6 is 0 Å². The van der Waals surface area contributed by atoms with Crippen molar-refractivity contribution in [1.29, 1.82) is 0 Å². The number of rotatable bonds is 5. The van der Waals surface area contributed by atoms with Gasteiger partial charge in [-0.3, -0.25) is 9.59 Å². The molecule has 1 amide bonds. The second-order valence-electron chi connectivity index (χ2n) is 6.49. The van der Waals surface area contributed by atoms with Gasteiger partial charge in [-0.25, -0.2) is 0 Å². The number of hydrogen-bond acceptors (Lipinski definition) is 3. The van der Waals surface area contributed by atoms with Crippen LogP contribution in [0.5, 0.6) is 0 Å². The van der Waals surface area contributed by atoms with Crippen molar-refractivity contribution in [1.82, 2.24) is 5.32 Å². The first-order chi connectivity index (χ1) is 9.85. The minimum Gasteiger partial charge on any atom is -0.460 e. The van der Waals surface area contributed by atoms with Crippen molar-refractivity contribution in [2.24, 2.45) is 0 Å². The van der Waals surface area contributed by atoms with Gasteiger partial charge in [-0.15, -0.1) is 0 Å². The lowest BCUT2D eigenvalue weighted by atomic mass is 9.77. The summed E-state index contributed by atoms with van der Waals surface area (Å²) in [6.07, 6.45) is 1.33. The Morgan fingerprint density at radius 2 is 1.95 bits per heavy atom. The normalized spacial score (nSPS) is 16.6. The second kappa shape index (κ2) is 6.29. The third-order valence-electron chi connectivity index (χ3n) is 3.48. The number of amides is 1. The monoisotopic (exact) mass is 289 g/mol. The van der Waals surface area contributed by atoms with Crippen molar-refractivity contribution in [3.05, 3.63) is 35.4 Å². The molecule has 1 aromatic rings. The van der Waals surface area contributed by atoms with E-state index in [1.165, 1.54) is 11.1 Å². The highest BCUT2D eigenvalue weighted by molar-refractivity contribution is 5.81. The Morgan fingerprint density at radius 3 is 2.62 bits per heavy atom. The first-order valence-corrected chi connectivity index (χ1v) is 7.41. The maximum atomic E-state index is 11.8. The second-order valence-corrected chi connectivity index (χ2v) is 6.49. The zero-order valence-electron chi connectivity index (χ0n) is 12.9. The lowest BCUT2D eigenvalue weighted by Gasteiger charge is -2.30. The Hall–Kier alpha value is -1.84. The van der Waals surface area contributed by atoms with Crippen molar-refractivity contribution < 1.29 is 14.3 Å². The fraction of sp³-hybridized carbons (Fsp3) is 0.529. The fourth-order valence-corrected chi connectivity index (χ4v) is 2.48. The SMILES string of the molecule is CC(C)(C)OC(=O)CCC(=O)NC[C@@H]1Cc2ccccc21. The van der Waals surface area contributed by atoms with Crippen molar-refractivity contribution in [2.45, 2.75) is 51.6 Å². The van der Waals surface area contributed by atoms with Crippen LogP contribution in [0.25, 0.3) is 0 Å². The topological polar surface area (TPSA) is 55.4 Å². The zero-order valence-corrected chi connectivity index (χ0v) is 12.9. The third-order valence-corrected chi connectivity index (χ3v) is 3.48. The summed E-state index contributed by atoms with van der Waals surface area (Å²) in [5.74, 6) is -0.0106. The van der Waals surface area contributed by atoms with E-state index < -0.39 is 5.60 Å². The summed E-state index contributed by atoms with van der Waals surface area (Å²) in [6, 6.07) is 8.29. The maximum Gasteiger partial charge on any atom is 0.306 e. The molecule has 1 N–H and O–H groups in total. The predicted molar refractivity (Wildman–Crippen MR) is 81.0 cm³/mol. The van der Waals surface area contributed by atoms with Crippen LogP contribution in [-0.2, 0) is 20.7 Å². The Bertz CT molecular complexity index is 531. The number of esters is 1. The standard InChI is InChI=1S/C17H23NO3/c1-17(2,3)21-16(20)9-8-15(19)18-11-13-10-12-6-4-5-7-14(12)13/h4-7,13H,8-11H2,1-3H3,(H,18,19)/t13-/m0/s1. The first kappa shape index (κ1) is 15.5. The van der Waals surface area contributed by atoms with Gasteiger partial charge in [-0.2, -0.15) is 0 Å². The molecule has 0 fully saturated rings. The molecule has 4 heteroatoms. The summed E-state index contributed by atoms with van der Waals surface area (Å²) in [6.45, 7) is 6.10. The molecule has 0 bridgehead atoms. The van der Waals surface area contributed by atoms with Crippen LogP contribution in [0.15, 0.2) is 24.3 Å².